The normalized spacial score (nSPS) is 16.6. The van der Waals surface area contributed by atoms with Gasteiger partial charge in [0.05, 0.1) is 13.2 Å². The van der Waals surface area contributed by atoms with Crippen molar-refractivity contribution in [1.29, 1.82) is 0 Å². The average molecular weight is 429 g/mol. The number of halogens is 1. The van der Waals surface area contributed by atoms with Gasteiger partial charge in [-0.25, -0.2) is 4.39 Å². The lowest BCUT2D eigenvalue weighted by molar-refractivity contribution is -0.161. The molecule has 0 aromatic heterocycles. The fraction of sp³-hybridized carbons (Fsp3) is 0.619. The molecule has 0 saturated carbocycles. The highest BCUT2D eigenvalue weighted by atomic mass is 28.4. The van der Waals surface area contributed by atoms with E-state index in [0.717, 1.165) is 12.5 Å². The first-order valence-electron chi connectivity index (χ1n) is 9.63. The van der Waals surface area contributed by atoms with E-state index in [1.54, 1.807) is 0 Å². The summed E-state index contributed by atoms with van der Waals surface area (Å²) in [5.74, 6) is -0.782. The predicted octanol–water partition coefficient (Wildman–Crippen LogP) is 3.42. The molecule has 4 atom stereocenters. The zero-order chi connectivity index (χ0) is 22.2. The van der Waals surface area contributed by atoms with E-state index in [0.29, 0.717) is 0 Å². The van der Waals surface area contributed by atoms with Crippen molar-refractivity contribution in [2.45, 2.75) is 76.9 Å². The van der Waals surface area contributed by atoms with Gasteiger partial charge in [-0.1, -0.05) is 51.1 Å². The molecule has 164 valence electrons. The second kappa shape index (κ2) is 11.0. The molecule has 1 N–H and O–H groups in total. The van der Waals surface area contributed by atoms with Crippen molar-refractivity contribution in [2.24, 2.45) is 0 Å². The van der Waals surface area contributed by atoms with Crippen LogP contribution in [0.4, 0.5) is 4.39 Å². The second-order valence-corrected chi connectivity index (χ2v) is 13.3. The third kappa shape index (κ3) is 7.97. The highest BCUT2D eigenvalue weighted by Gasteiger charge is 2.44. The maximum Gasteiger partial charge on any atom is 0.303 e. The molecule has 0 aliphatic carbocycles. The Kier molecular flexibility index (Phi) is 9.61. The quantitative estimate of drug-likeness (QED) is 0.330. The molecular formula is C21H33FO6Si. The van der Waals surface area contributed by atoms with Crippen LogP contribution < -0.4 is 0 Å². The summed E-state index contributed by atoms with van der Waals surface area (Å²) < 4.78 is 31.7. The summed E-state index contributed by atoms with van der Waals surface area (Å²) in [4.78, 5) is 22.3. The summed E-state index contributed by atoms with van der Waals surface area (Å²) in [6.07, 6.45) is -6.34. The molecule has 1 aromatic rings. The summed E-state index contributed by atoms with van der Waals surface area (Å²) >= 11 is 0. The zero-order valence-electron chi connectivity index (χ0n) is 18.1. The zero-order valence-corrected chi connectivity index (χ0v) is 19.1. The molecule has 8 heteroatoms. The van der Waals surface area contributed by atoms with Gasteiger partial charge in [-0.3, -0.25) is 9.59 Å². The standard InChI is InChI=1S/C21H33FO6Si/c1-15(24)27-17(12-23)20(25)19(22)18(28-29(5,6)21(2,3)4)14-26-13-16-10-8-7-9-11-16/h7-12,17-20,25H,13-14H2,1-6H3/t17-,18-,19+,20-/m1/s1. The van der Waals surface area contributed by atoms with Crippen LogP contribution in [0.15, 0.2) is 30.3 Å². The lowest BCUT2D eigenvalue weighted by Crippen LogP contribution is -2.52. The summed E-state index contributed by atoms with van der Waals surface area (Å²) in [7, 11) is -2.41. The molecule has 1 rings (SSSR count). The number of esters is 1. The maximum absolute atomic E-state index is 15.2. The molecule has 1 aromatic carbocycles. The topological polar surface area (TPSA) is 82.1 Å². The van der Waals surface area contributed by atoms with Crippen LogP contribution in [-0.4, -0.2) is 56.8 Å². The van der Waals surface area contributed by atoms with Crippen molar-refractivity contribution >= 4 is 20.6 Å². The lowest BCUT2D eigenvalue weighted by atomic mass is 10.1. The molecule has 0 heterocycles. The van der Waals surface area contributed by atoms with Gasteiger partial charge in [0.2, 0.25) is 0 Å². The highest BCUT2D eigenvalue weighted by Crippen LogP contribution is 2.38. The van der Waals surface area contributed by atoms with Crippen molar-refractivity contribution in [1.82, 2.24) is 0 Å². The summed E-state index contributed by atoms with van der Waals surface area (Å²) in [6, 6.07) is 9.40. The van der Waals surface area contributed by atoms with E-state index in [2.05, 4.69) is 0 Å². The van der Waals surface area contributed by atoms with E-state index in [4.69, 9.17) is 13.9 Å². The van der Waals surface area contributed by atoms with Crippen LogP contribution in [0.5, 0.6) is 0 Å². The fourth-order valence-electron chi connectivity index (χ4n) is 2.38. The van der Waals surface area contributed by atoms with Crippen LogP contribution in [0.3, 0.4) is 0 Å². The smallest absolute Gasteiger partial charge is 0.303 e. The SMILES string of the molecule is CC(=O)O[C@H](C=O)[C@@H](O)[C@@H](F)[C@@H](COCc1ccccc1)O[Si](C)(C)C(C)(C)C. The van der Waals surface area contributed by atoms with Crippen LogP contribution in [0, 0.1) is 0 Å². The molecule has 0 unspecified atom stereocenters. The number of carbonyl (C=O) groups is 2. The number of alkyl halides is 1. The number of ether oxygens (including phenoxy) is 2. The Morgan fingerprint density at radius 3 is 2.31 bits per heavy atom. The van der Waals surface area contributed by atoms with Crippen LogP contribution in [-0.2, 0) is 30.1 Å². The Morgan fingerprint density at radius 1 is 1.24 bits per heavy atom. The summed E-state index contributed by atoms with van der Waals surface area (Å²) in [5, 5.41) is 10.1. The highest BCUT2D eigenvalue weighted by molar-refractivity contribution is 6.74. The summed E-state index contributed by atoms with van der Waals surface area (Å²) in [5.41, 5.74) is 0.917. The molecular weight excluding hydrogens is 395 g/mol. The Bertz CT molecular complexity index is 646. The molecule has 0 bridgehead atoms. The number of aliphatic hydroxyl groups is 1. The number of benzene rings is 1. The average Bonchev–Trinajstić information content (AvgIpc) is 2.63. The van der Waals surface area contributed by atoms with E-state index in [1.165, 1.54) is 0 Å². The van der Waals surface area contributed by atoms with E-state index >= 15 is 4.39 Å². The number of hydrogen-bond donors (Lipinski definition) is 1. The molecule has 0 radical (unpaired) electrons. The van der Waals surface area contributed by atoms with E-state index in [1.807, 2.05) is 64.2 Å². The minimum Gasteiger partial charge on any atom is -0.452 e. The monoisotopic (exact) mass is 428 g/mol. The first-order valence-corrected chi connectivity index (χ1v) is 12.5. The van der Waals surface area contributed by atoms with Crippen molar-refractivity contribution in [2.75, 3.05) is 6.61 Å². The van der Waals surface area contributed by atoms with Crippen LogP contribution in [0.25, 0.3) is 0 Å². The van der Waals surface area contributed by atoms with E-state index in [-0.39, 0.29) is 24.5 Å². The molecule has 0 amide bonds. The Hall–Kier alpha value is -1.61. The van der Waals surface area contributed by atoms with Gasteiger partial charge in [-0.15, -0.1) is 0 Å². The molecule has 0 aliphatic rings. The number of rotatable bonds is 11. The first kappa shape index (κ1) is 25.4. The van der Waals surface area contributed by atoms with Gasteiger partial charge in [-0.2, -0.15) is 0 Å². The van der Waals surface area contributed by atoms with Crippen molar-refractivity contribution in [3.05, 3.63) is 35.9 Å². The van der Waals surface area contributed by atoms with Crippen molar-refractivity contribution < 1.29 is 33.0 Å². The van der Waals surface area contributed by atoms with E-state index in [9.17, 15) is 14.7 Å². The third-order valence-electron chi connectivity index (χ3n) is 5.10. The number of hydrogen-bond acceptors (Lipinski definition) is 6. The minimum absolute atomic E-state index is 0.120. The van der Waals surface area contributed by atoms with Gasteiger partial charge in [0, 0.05) is 6.92 Å². The molecule has 29 heavy (non-hydrogen) atoms. The van der Waals surface area contributed by atoms with Gasteiger partial charge in [0.25, 0.3) is 0 Å². The largest absolute Gasteiger partial charge is 0.452 e. The number of aldehydes is 1. The number of aliphatic hydroxyl groups excluding tert-OH is 1. The molecule has 0 aliphatic heterocycles. The van der Waals surface area contributed by atoms with E-state index < -0.39 is 38.8 Å². The molecule has 0 spiro atoms. The fourth-order valence-corrected chi connectivity index (χ4v) is 3.69. The minimum atomic E-state index is -2.41. The summed E-state index contributed by atoms with van der Waals surface area (Å²) in [6.45, 7) is 11.2. The van der Waals surface area contributed by atoms with Crippen LogP contribution in [0.1, 0.15) is 33.3 Å². The lowest BCUT2D eigenvalue weighted by Gasteiger charge is -2.40. The number of carbonyl (C=O) groups excluding carboxylic acids is 2. The van der Waals surface area contributed by atoms with Gasteiger partial charge >= 0.3 is 5.97 Å². The Labute approximate surface area is 173 Å². The van der Waals surface area contributed by atoms with Gasteiger partial charge < -0.3 is 19.0 Å². The van der Waals surface area contributed by atoms with Crippen LogP contribution >= 0.6 is 0 Å². The van der Waals surface area contributed by atoms with Gasteiger partial charge in [0.1, 0.15) is 12.2 Å². The van der Waals surface area contributed by atoms with Crippen molar-refractivity contribution in [3.63, 3.8) is 0 Å². The molecule has 0 saturated heterocycles. The first-order chi connectivity index (χ1) is 13.4. The maximum atomic E-state index is 15.2. The molecule has 0 fully saturated rings. The Morgan fingerprint density at radius 2 is 1.83 bits per heavy atom. The second-order valence-electron chi connectivity index (χ2n) is 8.56. The third-order valence-corrected chi connectivity index (χ3v) is 9.60. The van der Waals surface area contributed by atoms with Crippen molar-refractivity contribution in [3.8, 4) is 0 Å². The van der Waals surface area contributed by atoms with Gasteiger partial charge in [0.15, 0.2) is 26.9 Å². The van der Waals surface area contributed by atoms with Crippen LogP contribution in [0.2, 0.25) is 18.1 Å². The predicted molar refractivity (Wildman–Crippen MR) is 111 cm³/mol. The molecule has 6 nitrogen and oxygen atoms in total. The van der Waals surface area contributed by atoms with Gasteiger partial charge in [-0.05, 0) is 23.7 Å². The Balaban J connectivity index is 2.94.